The maximum Gasteiger partial charge on any atom is 0.449 e. The fraction of sp³-hybridized carbons (Fsp3) is 0.682. The molecule has 162 valence electrons. The molecule has 0 saturated heterocycles. The lowest BCUT2D eigenvalue weighted by Gasteiger charge is -2.57. The Labute approximate surface area is 172 Å². The lowest BCUT2D eigenvalue weighted by atomic mass is 9.49. The molecule has 4 saturated carbocycles. The number of aromatic nitrogens is 2. The summed E-state index contributed by atoms with van der Waals surface area (Å²) in [7, 11) is 0. The molecule has 0 amide bonds. The van der Waals surface area contributed by atoms with Crippen molar-refractivity contribution in [3.63, 3.8) is 0 Å². The third-order valence-electron chi connectivity index (χ3n) is 7.59. The summed E-state index contributed by atoms with van der Waals surface area (Å²) in [6.07, 6.45) is 3.52. The highest BCUT2D eigenvalue weighted by atomic mass is 19.4. The van der Waals surface area contributed by atoms with E-state index < -0.39 is 12.0 Å². The van der Waals surface area contributed by atoms with Crippen LogP contribution in [0.1, 0.15) is 44.3 Å². The van der Waals surface area contributed by atoms with Gasteiger partial charge in [0.05, 0.1) is 5.52 Å². The normalized spacial score (nSPS) is 34.6. The van der Waals surface area contributed by atoms with E-state index in [0.717, 1.165) is 24.3 Å². The molecule has 1 aromatic carbocycles. The van der Waals surface area contributed by atoms with Crippen molar-refractivity contribution in [3.05, 3.63) is 18.0 Å². The molecule has 4 fully saturated rings. The van der Waals surface area contributed by atoms with Gasteiger partial charge in [-0.3, -0.25) is 0 Å². The van der Waals surface area contributed by atoms with Gasteiger partial charge in [0.2, 0.25) is 5.82 Å². The van der Waals surface area contributed by atoms with Crippen LogP contribution in [0, 0.1) is 23.2 Å². The number of imidazole rings is 1. The molecule has 1 unspecified atom stereocenters. The number of hydrogen-bond donors (Lipinski definition) is 2. The fourth-order valence-electron chi connectivity index (χ4n) is 6.88. The summed E-state index contributed by atoms with van der Waals surface area (Å²) in [6, 6.07) is 3.18. The number of rotatable bonds is 4. The molecule has 7 rings (SSSR count). The van der Waals surface area contributed by atoms with Crippen LogP contribution in [0.5, 0.6) is 11.5 Å². The quantitative estimate of drug-likeness (QED) is 0.762. The number of fused-ring (bicyclic) bond motifs is 3. The highest BCUT2D eigenvalue weighted by molar-refractivity contribution is 5.85. The molecular weight excluding hydrogens is 395 g/mol. The van der Waals surface area contributed by atoms with Gasteiger partial charge in [-0.15, -0.1) is 0 Å². The van der Waals surface area contributed by atoms with E-state index in [0.29, 0.717) is 35.6 Å². The second-order valence-electron chi connectivity index (χ2n) is 9.97. The van der Waals surface area contributed by atoms with Crippen molar-refractivity contribution in [1.82, 2.24) is 15.3 Å². The van der Waals surface area contributed by atoms with E-state index in [1.807, 2.05) is 0 Å². The summed E-state index contributed by atoms with van der Waals surface area (Å²) < 4.78 is 50.9. The highest BCUT2D eigenvalue weighted by Gasteiger charge is 2.50. The fourth-order valence-corrected chi connectivity index (χ4v) is 6.88. The standard InChI is InChI=1S/C22H26F3N3O2/c23-22(24,25)20-27-16-1-2-17-19(18(16)28-20)30-15(10-29-17)9-26-11-21-6-12-3-13(7-21)5-14(4-12)8-21/h1-2,12-15,26H,3-11H2,(H,27,28). The molecule has 8 heteroatoms. The number of ether oxygens (including phenoxy) is 2. The molecule has 1 aliphatic heterocycles. The Bertz CT molecular complexity index is 935. The average Bonchev–Trinajstić information content (AvgIpc) is 3.12. The number of alkyl halides is 3. The molecule has 2 aromatic rings. The molecule has 5 aliphatic rings. The van der Waals surface area contributed by atoms with E-state index >= 15 is 0 Å². The zero-order valence-electron chi connectivity index (χ0n) is 16.7. The van der Waals surface area contributed by atoms with Gasteiger partial charge in [-0.05, 0) is 73.8 Å². The second kappa shape index (κ2) is 6.52. The summed E-state index contributed by atoms with van der Waals surface area (Å²) in [5.41, 5.74) is 0.900. The Morgan fingerprint density at radius 1 is 1.10 bits per heavy atom. The number of hydrogen-bond acceptors (Lipinski definition) is 4. The molecule has 5 nitrogen and oxygen atoms in total. The van der Waals surface area contributed by atoms with Crippen molar-refractivity contribution in [2.75, 3.05) is 19.7 Å². The van der Waals surface area contributed by atoms with Gasteiger partial charge in [-0.1, -0.05) is 0 Å². The van der Waals surface area contributed by atoms with Crippen molar-refractivity contribution in [1.29, 1.82) is 0 Å². The first kappa shape index (κ1) is 18.8. The smallest absolute Gasteiger partial charge is 0.449 e. The Morgan fingerprint density at radius 2 is 1.80 bits per heavy atom. The van der Waals surface area contributed by atoms with Gasteiger partial charge in [0.15, 0.2) is 11.5 Å². The van der Waals surface area contributed by atoms with Crippen molar-refractivity contribution < 1.29 is 22.6 Å². The Kier molecular flexibility index (Phi) is 4.08. The Morgan fingerprint density at radius 3 is 2.47 bits per heavy atom. The van der Waals surface area contributed by atoms with Crippen LogP contribution >= 0.6 is 0 Å². The van der Waals surface area contributed by atoms with E-state index in [2.05, 4.69) is 15.3 Å². The molecule has 0 radical (unpaired) electrons. The average molecular weight is 421 g/mol. The van der Waals surface area contributed by atoms with Crippen LogP contribution in [-0.2, 0) is 6.18 Å². The third-order valence-corrected chi connectivity index (χ3v) is 7.59. The van der Waals surface area contributed by atoms with Crippen molar-refractivity contribution in [3.8, 4) is 11.5 Å². The largest absolute Gasteiger partial charge is 0.486 e. The maximum absolute atomic E-state index is 13.0. The maximum atomic E-state index is 13.0. The molecule has 0 spiro atoms. The monoisotopic (exact) mass is 421 g/mol. The first-order chi connectivity index (χ1) is 14.4. The molecule has 1 aromatic heterocycles. The summed E-state index contributed by atoms with van der Waals surface area (Å²) in [5.74, 6) is 2.46. The lowest BCUT2D eigenvalue weighted by Crippen LogP contribution is -2.51. The topological polar surface area (TPSA) is 59.2 Å². The van der Waals surface area contributed by atoms with E-state index in [4.69, 9.17) is 9.47 Å². The van der Waals surface area contributed by atoms with Crippen LogP contribution in [0.2, 0.25) is 0 Å². The molecule has 4 bridgehead atoms. The van der Waals surface area contributed by atoms with Crippen LogP contribution in [0.3, 0.4) is 0 Å². The van der Waals surface area contributed by atoms with E-state index in [-0.39, 0.29) is 11.6 Å². The van der Waals surface area contributed by atoms with Crippen LogP contribution in [-0.4, -0.2) is 35.8 Å². The van der Waals surface area contributed by atoms with E-state index in [9.17, 15) is 13.2 Å². The summed E-state index contributed by atoms with van der Waals surface area (Å²) >= 11 is 0. The van der Waals surface area contributed by atoms with Gasteiger partial charge in [-0.25, -0.2) is 4.98 Å². The predicted molar refractivity (Wildman–Crippen MR) is 104 cm³/mol. The molecule has 2 heterocycles. The van der Waals surface area contributed by atoms with Crippen LogP contribution < -0.4 is 14.8 Å². The van der Waals surface area contributed by atoms with Crippen molar-refractivity contribution >= 4 is 11.0 Å². The van der Waals surface area contributed by atoms with Gasteiger partial charge < -0.3 is 19.8 Å². The van der Waals surface area contributed by atoms with E-state index in [1.165, 1.54) is 38.5 Å². The van der Waals surface area contributed by atoms with Crippen LogP contribution in [0.15, 0.2) is 12.1 Å². The molecule has 1 atom stereocenters. The first-order valence-electron chi connectivity index (χ1n) is 11.0. The summed E-state index contributed by atoms with van der Waals surface area (Å²) in [4.78, 5) is 6.06. The summed E-state index contributed by atoms with van der Waals surface area (Å²) in [5, 5.41) is 3.61. The lowest BCUT2D eigenvalue weighted by molar-refractivity contribution is -0.144. The summed E-state index contributed by atoms with van der Waals surface area (Å²) in [6.45, 7) is 1.99. The molecule has 2 N–H and O–H groups in total. The number of benzene rings is 1. The van der Waals surface area contributed by atoms with Crippen LogP contribution in [0.4, 0.5) is 13.2 Å². The third kappa shape index (κ3) is 3.15. The zero-order chi connectivity index (χ0) is 20.5. The number of H-pyrrole nitrogens is 1. The molecular formula is C22H26F3N3O2. The van der Waals surface area contributed by atoms with Gasteiger partial charge in [-0.2, -0.15) is 13.2 Å². The SMILES string of the molecule is FC(F)(F)c1nc2c3c(ccc2[nH]1)OCC(CNCC12CC4CC(CC(C4)C1)C2)O3. The zero-order valence-corrected chi connectivity index (χ0v) is 16.7. The minimum atomic E-state index is -4.53. The Hall–Kier alpha value is -1.96. The number of halogens is 3. The van der Waals surface area contributed by atoms with Crippen molar-refractivity contribution in [2.24, 2.45) is 23.2 Å². The highest BCUT2D eigenvalue weighted by Crippen LogP contribution is 2.59. The molecule has 30 heavy (non-hydrogen) atoms. The van der Waals surface area contributed by atoms with Gasteiger partial charge in [0, 0.05) is 13.1 Å². The van der Waals surface area contributed by atoms with Gasteiger partial charge in [0.1, 0.15) is 18.2 Å². The minimum absolute atomic E-state index is 0.172. The van der Waals surface area contributed by atoms with Crippen molar-refractivity contribution in [2.45, 2.75) is 50.8 Å². The van der Waals surface area contributed by atoms with Crippen LogP contribution in [0.25, 0.3) is 11.0 Å². The minimum Gasteiger partial charge on any atom is -0.486 e. The number of nitrogens with one attached hydrogen (secondary N) is 2. The second-order valence-corrected chi connectivity index (χ2v) is 9.97. The van der Waals surface area contributed by atoms with Gasteiger partial charge in [0.25, 0.3) is 0 Å². The number of aromatic amines is 1. The Balaban J connectivity index is 1.14. The van der Waals surface area contributed by atoms with E-state index in [1.54, 1.807) is 12.1 Å². The van der Waals surface area contributed by atoms with Gasteiger partial charge >= 0.3 is 6.18 Å². The molecule has 4 aliphatic carbocycles. The number of nitrogens with zero attached hydrogens (tertiary/aromatic N) is 1. The first-order valence-corrected chi connectivity index (χ1v) is 11.0. The predicted octanol–water partition coefficient (Wildman–Crippen LogP) is 4.53.